The lowest BCUT2D eigenvalue weighted by Gasteiger charge is -2.14. The van der Waals surface area contributed by atoms with Crippen molar-refractivity contribution in [3.05, 3.63) is 18.2 Å². The largest absolute Gasteiger partial charge is 0.495 e. The average Bonchev–Trinajstić information content (AvgIpc) is 2.90. The van der Waals surface area contributed by atoms with Crippen molar-refractivity contribution in [1.29, 1.82) is 0 Å². The zero-order valence-corrected chi connectivity index (χ0v) is 27.3. The lowest BCUT2D eigenvalue weighted by Crippen LogP contribution is -2.19. The summed E-state index contributed by atoms with van der Waals surface area (Å²) in [7, 11) is -5.63. The summed E-state index contributed by atoms with van der Waals surface area (Å²) in [6, 6.07) is 4.66. The van der Waals surface area contributed by atoms with Gasteiger partial charge in [0.25, 0.3) is 0 Å². The Morgan fingerprint density at radius 3 is 1.32 bits per heavy atom. The molecule has 0 fully saturated rings. The van der Waals surface area contributed by atoms with Gasteiger partial charge in [-0.15, -0.1) is 0 Å². The molecule has 0 heterocycles. The quantitative estimate of drug-likeness (QED) is 0.0978. The summed E-state index contributed by atoms with van der Waals surface area (Å²) < 4.78 is 61.2. The number of sulfonamides is 2. The number of benzene rings is 1. The van der Waals surface area contributed by atoms with Crippen LogP contribution in [0.3, 0.4) is 0 Å². The molecule has 234 valence electrons. The third kappa shape index (κ3) is 18.8. The normalized spacial score (nSPS) is 12.0. The smallest absolute Gasteiger partial charge is 0.232 e. The van der Waals surface area contributed by atoms with Crippen LogP contribution in [0.25, 0.3) is 0 Å². The van der Waals surface area contributed by atoms with E-state index >= 15 is 0 Å². The van der Waals surface area contributed by atoms with Gasteiger partial charge >= 0.3 is 0 Å². The van der Waals surface area contributed by atoms with E-state index in [2.05, 4.69) is 23.3 Å². The van der Waals surface area contributed by atoms with Crippen LogP contribution < -0.4 is 14.2 Å². The van der Waals surface area contributed by atoms with Gasteiger partial charge in [-0.25, -0.2) is 16.8 Å². The molecule has 0 aliphatic rings. The Morgan fingerprint density at radius 2 is 0.925 bits per heavy atom. The molecule has 0 unspecified atom stereocenters. The first kappa shape index (κ1) is 36.5. The minimum absolute atomic E-state index is 0.0291. The Labute approximate surface area is 246 Å². The molecule has 0 aliphatic heterocycles. The third-order valence-corrected chi connectivity index (χ3v) is 10.0. The van der Waals surface area contributed by atoms with Crippen LogP contribution in [-0.2, 0) is 20.0 Å². The van der Waals surface area contributed by atoms with E-state index in [9.17, 15) is 16.8 Å². The first-order valence-electron chi connectivity index (χ1n) is 15.9. The molecule has 40 heavy (non-hydrogen) atoms. The molecule has 9 heteroatoms. The molecule has 0 saturated carbocycles. The van der Waals surface area contributed by atoms with Crippen molar-refractivity contribution in [3.63, 3.8) is 0 Å². The molecule has 1 aromatic carbocycles. The highest BCUT2D eigenvalue weighted by atomic mass is 32.2. The molecule has 0 saturated heterocycles. The molecule has 0 bridgehead atoms. The molecule has 0 atom stereocenters. The molecule has 2 N–H and O–H groups in total. The highest BCUT2D eigenvalue weighted by Crippen LogP contribution is 2.29. The Morgan fingerprint density at radius 1 is 0.550 bits per heavy atom. The van der Waals surface area contributed by atoms with Crippen LogP contribution in [0.5, 0.6) is 5.75 Å². The van der Waals surface area contributed by atoms with Gasteiger partial charge in [0.1, 0.15) is 5.75 Å². The molecule has 0 aromatic heterocycles. The number of methoxy groups -OCH3 is 1. The standard InChI is InChI=1S/C31H58N2O5S2/c1-4-6-8-10-12-14-16-18-20-22-26-39(34,35)32-29-24-25-31(38-3)30(28-29)33-40(36,37)27-23-21-19-17-15-13-11-9-7-5-2/h24-25,28,32-33H,4-23,26-27H2,1-3H3. The number of nitrogens with one attached hydrogen (secondary N) is 2. The second kappa shape index (κ2) is 22.2. The first-order chi connectivity index (χ1) is 19.2. The second-order valence-electron chi connectivity index (χ2n) is 11.1. The van der Waals surface area contributed by atoms with Gasteiger partial charge in [0, 0.05) is 0 Å². The molecular formula is C31H58N2O5S2. The van der Waals surface area contributed by atoms with Gasteiger partial charge in [0.2, 0.25) is 20.0 Å². The first-order valence-corrected chi connectivity index (χ1v) is 19.2. The number of hydrogen-bond donors (Lipinski definition) is 2. The molecule has 0 amide bonds. The maximum absolute atomic E-state index is 12.7. The van der Waals surface area contributed by atoms with Gasteiger partial charge < -0.3 is 4.74 Å². The Hall–Kier alpha value is -1.48. The van der Waals surface area contributed by atoms with E-state index in [0.29, 0.717) is 24.3 Å². The summed E-state index contributed by atoms with van der Waals surface area (Å²) in [4.78, 5) is 0. The van der Waals surface area contributed by atoms with Gasteiger partial charge in [-0.3, -0.25) is 9.44 Å². The van der Waals surface area contributed by atoms with Crippen LogP contribution in [0.2, 0.25) is 0 Å². The van der Waals surface area contributed by atoms with Crippen molar-refractivity contribution in [2.75, 3.05) is 28.1 Å². The molecule has 0 radical (unpaired) electrons. The zero-order chi connectivity index (χ0) is 29.5. The second-order valence-corrected chi connectivity index (χ2v) is 14.8. The van der Waals surface area contributed by atoms with Crippen molar-refractivity contribution in [2.24, 2.45) is 0 Å². The Kier molecular flexibility index (Phi) is 20.2. The van der Waals surface area contributed by atoms with E-state index in [1.165, 1.54) is 90.2 Å². The minimum Gasteiger partial charge on any atom is -0.495 e. The molecular weight excluding hydrogens is 544 g/mol. The Balaban J connectivity index is 2.42. The third-order valence-electron chi connectivity index (χ3n) is 7.27. The Bertz CT molecular complexity index is 981. The van der Waals surface area contributed by atoms with Crippen LogP contribution in [0.1, 0.15) is 142 Å². The van der Waals surface area contributed by atoms with E-state index in [4.69, 9.17) is 4.74 Å². The van der Waals surface area contributed by atoms with E-state index in [1.807, 2.05) is 0 Å². The van der Waals surface area contributed by atoms with Gasteiger partial charge in [-0.2, -0.15) is 0 Å². The summed E-state index contributed by atoms with van der Waals surface area (Å²) in [6.45, 7) is 4.44. The maximum atomic E-state index is 12.7. The van der Waals surface area contributed by atoms with Crippen LogP contribution in [0.4, 0.5) is 11.4 Å². The van der Waals surface area contributed by atoms with Crippen LogP contribution in [0, 0.1) is 0 Å². The van der Waals surface area contributed by atoms with Crippen LogP contribution in [-0.4, -0.2) is 35.5 Å². The van der Waals surface area contributed by atoms with Crippen LogP contribution >= 0.6 is 0 Å². The topological polar surface area (TPSA) is 102 Å². The van der Waals surface area contributed by atoms with E-state index in [-0.39, 0.29) is 17.2 Å². The molecule has 0 aliphatic carbocycles. The fourth-order valence-corrected chi connectivity index (χ4v) is 7.21. The van der Waals surface area contributed by atoms with Gasteiger partial charge in [-0.05, 0) is 31.0 Å². The number of ether oxygens (including phenoxy) is 1. The number of hydrogen-bond acceptors (Lipinski definition) is 5. The van der Waals surface area contributed by atoms with Gasteiger partial charge in [0.15, 0.2) is 0 Å². The van der Waals surface area contributed by atoms with Crippen molar-refractivity contribution in [2.45, 2.75) is 142 Å². The number of unbranched alkanes of at least 4 members (excludes halogenated alkanes) is 18. The van der Waals surface area contributed by atoms with E-state index < -0.39 is 20.0 Å². The summed E-state index contributed by atoms with van der Waals surface area (Å²) in [5, 5.41) is 0. The summed E-state index contributed by atoms with van der Waals surface area (Å²) >= 11 is 0. The average molecular weight is 603 g/mol. The molecule has 1 aromatic rings. The fourth-order valence-electron chi connectivity index (χ4n) is 4.86. The van der Waals surface area contributed by atoms with Crippen molar-refractivity contribution in [3.8, 4) is 5.75 Å². The monoisotopic (exact) mass is 602 g/mol. The van der Waals surface area contributed by atoms with Gasteiger partial charge in [0.05, 0.1) is 30.0 Å². The van der Waals surface area contributed by atoms with Crippen LogP contribution in [0.15, 0.2) is 18.2 Å². The van der Waals surface area contributed by atoms with Crippen molar-refractivity contribution < 1.29 is 21.6 Å². The van der Waals surface area contributed by atoms with E-state index in [1.54, 1.807) is 12.1 Å². The number of rotatable bonds is 27. The number of anilines is 2. The predicted molar refractivity (Wildman–Crippen MR) is 172 cm³/mol. The van der Waals surface area contributed by atoms with Crippen molar-refractivity contribution in [1.82, 2.24) is 0 Å². The molecule has 7 nitrogen and oxygen atoms in total. The summed E-state index contributed by atoms with van der Waals surface area (Å²) in [6.07, 6.45) is 22.7. The van der Waals surface area contributed by atoms with Gasteiger partial charge in [-0.1, -0.05) is 129 Å². The molecule has 0 spiro atoms. The summed E-state index contributed by atoms with van der Waals surface area (Å²) in [5.41, 5.74) is 0.568. The lowest BCUT2D eigenvalue weighted by molar-refractivity contribution is 0.417. The maximum Gasteiger partial charge on any atom is 0.232 e. The van der Waals surface area contributed by atoms with Crippen molar-refractivity contribution >= 4 is 31.4 Å². The van der Waals surface area contributed by atoms with E-state index in [0.717, 1.165) is 38.5 Å². The zero-order valence-electron chi connectivity index (χ0n) is 25.6. The highest BCUT2D eigenvalue weighted by molar-refractivity contribution is 7.93. The lowest BCUT2D eigenvalue weighted by atomic mass is 10.1. The fraction of sp³-hybridized carbons (Fsp3) is 0.806. The minimum atomic E-state index is -3.57. The molecule has 1 rings (SSSR count). The predicted octanol–water partition coefficient (Wildman–Crippen LogP) is 9.02. The SMILES string of the molecule is CCCCCCCCCCCCS(=O)(=O)Nc1ccc(OC)c(NS(=O)(=O)CCCCCCCCCCCC)c1. The summed E-state index contributed by atoms with van der Waals surface area (Å²) in [5.74, 6) is 0.431. The highest BCUT2D eigenvalue weighted by Gasteiger charge is 2.16.